The topological polar surface area (TPSA) is 22.6 Å². The average molecular weight is 875 g/mol. The van der Waals surface area contributed by atoms with Crippen LogP contribution in [0.1, 0.15) is 131 Å². The van der Waals surface area contributed by atoms with E-state index in [-0.39, 0.29) is 33.8 Å². The SMILES string of the molecule is CC(C)(C)c1ccc(N2c3ccc(C(C)(C)C)cc3B3c4nc(C(C)(C)C)sc4N(c4cc(C(C)(C)C)cc(C(C)(C)C)c4)c4cc(N(c5ccccc5)c5ccccc5)cc2c43)cc1. The van der Waals surface area contributed by atoms with Gasteiger partial charge in [0.25, 0.3) is 6.71 Å². The number of aromatic nitrogens is 1. The standard InChI is InChI=1S/C59H67BN4S/c1-55(2,3)38-26-29-44(30-27-38)63-48-31-28-39(56(4,5)6)35-47(48)60-51-49(63)36-46(62(42-22-18-16-19-23-42)43-24-20-17-21-25-43)37-50(51)64(53-52(60)61-54(65-53)59(13,14)15)45-33-40(57(7,8)9)32-41(34-45)58(10,11)12/h16-37H,1-15H3. The monoisotopic (exact) mass is 875 g/mol. The van der Waals surface area contributed by atoms with Gasteiger partial charge in [0.05, 0.1) is 16.3 Å². The summed E-state index contributed by atoms with van der Waals surface area (Å²) in [5.74, 6) is 0. The number of para-hydroxylation sites is 2. The Morgan fingerprint density at radius 3 is 1.42 bits per heavy atom. The van der Waals surface area contributed by atoms with E-state index in [1.165, 1.54) is 60.9 Å². The minimum Gasteiger partial charge on any atom is -0.311 e. The molecule has 0 saturated heterocycles. The summed E-state index contributed by atoms with van der Waals surface area (Å²) < 4.78 is 0. The third kappa shape index (κ3) is 8.11. The van der Waals surface area contributed by atoms with Gasteiger partial charge in [-0.2, -0.15) is 0 Å². The molecule has 332 valence electrons. The van der Waals surface area contributed by atoms with Crippen molar-refractivity contribution in [2.75, 3.05) is 14.7 Å². The zero-order chi connectivity index (χ0) is 46.6. The molecule has 0 amide bonds. The lowest BCUT2D eigenvalue weighted by Crippen LogP contribution is -2.62. The summed E-state index contributed by atoms with van der Waals surface area (Å²) in [5.41, 5.74) is 17.9. The predicted molar refractivity (Wildman–Crippen MR) is 284 cm³/mol. The second-order valence-corrected chi connectivity index (χ2v) is 24.5. The number of thiazole rings is 1. The van der Waals surface area contributed by atoms with Gasteiger partial charge in [-0.05, 0) is 122 Å². The first-order chi connectivity index (χ1) is 30.4. The molecule has 0 atom stereocenters. The van der Waals surface area contributed by atoms with Crippen LogP contribution in [0.4, 0.5) is 50.5 Å². The van der Waals surface area contributed by atoms with Crippen LogP contribution < -0.4 is 31.2 Å². The molecule has 4 nitrogen and oxygen atoms in total. The maximum Gasteiger partial charge on any atom is 0.276 e. The van der Waals surface area contributed by atoms with Crippen LogP contribution in [-0.4, -0.2) is 11.7 Å². The number of hydrogen-bond acceptors (Lipinski definition) is 5. The Kier molecular flexibility index (Phi) is 10.6. The Hall–Kier alpha value is -5.59. The highest BCUT2D eigenvalue weighted by Crippen LogP contribution is 2.51. The maximum atomic E-state index is 5.79. The molecule has 1 aromatic heterocycles. The molecule has 6 aromatic carbocycles. The molecular formula is C59H67BN4S. The molecule has 0 bridgehead atoms. The third-order valence-electron chi connectivity index (χ3n) is 13.3. The number of anilines is 9. The van der Waals surface area contributed by atoms with Crippen molar-refractivity contribution in [3.63, 3.8) is 0 Å². The van der Waals surface area contributed by atoms with Gasteiger partial charge in [0.2, 0.25) is 0 Å². The van der Waals surface area contributed by atoms with Gasteiger partial charge in [-0.15, -0.1) is 11.3 Å². The van der Waals surface area contributed by atoms with Crippen LogP contribution in [0.3, 0.4) is 0 Å². The molecule has 0 fully saturated rings. The molecule has 0 saturated carbocycles. The molecule has 2 aliphatic rings. The molecule has 6 heteroatoms. The molecule has 0 spiro atoms. The fourth-order valence-electron chi connectivity index (χ4n) is 9.38. The Morgan fingerprint density at radius 2 is 0.923 bits per heavy atom. The summed E-state index contributed by atoms with van der Waals surface area (Å²) in [6.45, 7) is 34.8. The van der Waals surface area contributed by atoms with Gasteiger partial charge >= 0.3 is 0 Å². The van der Waals surface area contributed by atoms with Crippen LogP contribution in [0.2, 0.25) is 0 Å². The first kappa shape index (κ1) is 44.6. The summed E-state index contributed by atoms with van der Waals surface area (Å²) in [4.78, 5) is 13.4. The van der Waals surface area contributed by atoms with E-state index in [9.17, 15) is 0 Å². The average Bonchev–Trinajstić information content (AvgIpc) is 3.69. The zero-order valence-electron chi connectivity index (χ0n) is 41.5. The highest BCUT2D eigenvalue weighted by molar-refractivity contribution is 7.19. The second kappa shape index (κ2) is 15.5. The first-order valence-electron chi connectivity index (χ1n) is 23.5. The van der Waals surface area contributed by atoms with E-state index in [4.69, 9.17) is 4.98 Å². The van der Waals surface area contributed by atoms with E-state index in [0.29, 0.717) is 0 Å². The van der Waals surface area contributed by atoms with E-state index < -0.39 is 0 Å². The van der Waals surface area contributed by atoms with Crippen molar-refractivity contribution in [3.8, 4) is 0 Å². The highest BCUT2D eigenvalue weighted by Gasteiger charge is 2.47. The fraction of sp³-hybridized carbons (Fsp3) is 0.339. The molecular weight excluding hydrogens is 808 g/mol. The van der Waals surface area contributed by atoms with E-state index in [1.54, 1.807) is 0 Å². The smallest absolute Gasteiger partial charge is 0.276 e. The van der Waals surface area contributed by atoms with Gasteiger partial charge in [0, 0.05) is 45.2 Å². The molecule has 0 aliphatic carbocycles. The van der Waals surface area contributed by atoms with Gasteiger partial charge in [-0.3, -0.25) is 4.98 Å². The molecule has 65 heavy (non-hydrogen) atoms. The van der Waals surface area contributed by atoms with Crippen molar-refractivity contribution in [1.82, 2.24) is 4.98 Å². The zero-order valence-corrected chi connectivity index (χ0v) is 42.3. The highest BCUT2D eigenvalue weighted by atomic mass is 32.1. The van der Waals surface area contributed by atoms with E-state index in [2.05, 4.69) is 252 Å². The largest absolute Gasteiger partial charge is 0.311 e. The first-order valence-corrected chi connectivity index (χ1v) is 24.3. The van der Waals surface area contributed by atoms with Crippen molar-refractivity contribution in [1.29, 1.82) is 0 Å². The Labute approximate surface area is 394 Å². The van der Waals surface area contributed by atoms with E-state index in [1.807, 2.05) is 11.3 Å². The molecule has 2 aliphatic heterocycles. The lowest BCUT2D eigenvalue weighted by atomic mass is 9.35. The number of nitrogens with zero attached hydrogens (tertiary/aromatic N) is 4. The predicted octanol–water partition coefficient (Wildman–Crippen LogP) is 15.2. The van der Waals surface area contributed by atoms with Gasteiger partial charge in [-0.1, -0.05) is 171 Å². The van der Waals surface area contributed by atoms with Crippen molar-refractivity contribution in [2.24, 2.45) is 0 Å². The minimum absolute atomic E-state index is 0.0236. The summed E-state index contributed by atoms with van der Waals surface area (Å²) in [6.07, 6.45) is 0. The Morgan fingerprint density at radius 1 is 0.431 bits per heavy atom. The van der Waals surface area contributed by atoms with Gasteiger partial charge in [-0.25, -0.2) is 0 Å². The molecule has 0 N–H and O–H groups in total. The van der Waals surface area contributed by atoms with Crippen LogP contribution in [-0.2, 0) is 27.1 Å². The van der Waals surface area contributed by atoms with Crippen LogP contribution in [0, 0.1) is 0 Å². The summed E-state index contributed by atoms with van der Waals surface area (Å²) in [5, 5.41) is 2.34. The number of hydrogen-bond donors (Lipinski definition) is 0. The van der Waals surface area contributed by atoms with Crippen LogP contribution in [0.5, 0.6) is 0 Å². The Bertz CT molecular complexity index is 2820. The minimum atomic E-state index is -0.152. The molecule has 0 radical (unpaired) electrons. The number of fused-ring (bicyclic) bond motifs is 4. The summed E-state index contributed by atoms with van der Waals surface area (Å²) in [7, 11) is 0. The molecule has 3 heterocycles. The van der Waals surface area contributed by atoms with Gasteiger partial charge < -0.3 is 14.7 Å². The van der Waals surface area contributed by atoms with Gasteiger partial charge in [0.15, 0.2) is 0 Å². The van der Waals surface area contributed by atoms with Crippen LogP contribution in [0.15, 0.2) is 133 Å². The molecule has 7 aromatic rings. The Balaban J connectivity index is 1.46. The van der Waals surface area contributed by atoms with Gasteiger partial charge in [0.1, 0.15) is 5.00 Å². The summed E-state index contributed by atoms with van der Waals surface area (Å²) in [6, 6.07) is 50.6. The van der Waals surface area contributed by atoms with Crippen molar-refractivity contribution in [3.05, 3.63) is 161 Å². The quantitative estimate of drug-likeness (QED) is 0.161. The van der Waals surface area contributed by atoms with E-state index in [0.717, 1.165) is 33.4 Å². The number of benzene rings is 6. The number of rotatable bonds is 5. The van der Waals surface area contributed by atoms with Crippen LogP contribution in [0.25, 0.3) is 0 Å². The summed E-state index contributed by atoms with van der Waals surface area (Å²) >= 11 is 1.86. The van der Waals surface area contributed by atoms with Crippen molar-refractivity contribution < 1.29 is 0 Å². The van der Waals surface area contributed by atoms with E-state index >= 15 is 0 Å². The van der Waals surface area contributed by atoms with Crippen molar-refractivity contribution in [2.45, 2.75) is 131 Å². The molecule has 9 rings (SSSR count). The van der Waals surface area contributed by atoms with Crippen LogP contribution >= 0.6 is 11.3 Å². The molecule has 0 unspecified atom stereocenters. The third-order valence-corrected chi connectivity index (χ3v) is 14.8. The lowest BCUT2D eigenvalue weighted by molar-refractivity contribution is 0.569. The maximum absolute atomic E-state index is 5.79. The van der Waals surface area contributed by atoms with Crippen molar-refractivity contribution >= 4 is 85.1 Å². The fourth-order valence-corrected chi connectivity index (χ4v) is 10.6. The normalized spacial score (nSPS) is 14.0. The lowest BCUT2D eigenvalue weighted by Gasteiger charge is -2.44. The second-order valence-electron chi connectivity index (χ2n) is 23.6.